The van der Waals surface area contributed by atoms with Crippen molar-refractivity contribution in [1.82, 2.24) is 25.3 Å². The molecule has 27 heavy (non-hydrogen) atoms. The minimum atomic E-state index is 0.696. The predicted molar refractivity (Wildman–Crippen MR) is 108 cm³/mol. The van der Waals surface area contributed by atoms with Gasteiger partial charge in [0, 0.05) is 51.0 Å². The zero-order chi connectivity index (χ0) is 19.1. The lowest BCUT2D eigenvalue weighted by atomic mass is 10.2. The van der Waals surface area contributed by atoms with Crippen LogP contribution in [-0.2, 0) is 11.3 Å². The van der Waals surface area contributed by atoms with Gasteiger partial charge in [-0.15, -0.1) is 0 Å². The number of para-hydroxylation sites is 1. The number of hydrogen-bond acceptors (Lipinski definition) is 4. The number of aromatic nitrogens is 2. The highest BCUT2D eigenvalue weighted by atomic mass is 16.5. The number of benzene rings is 1. The van der Waals surface area contributed by atoms with E-state index in [1.54, 1.807) is 7.05 Å². The van der Waals surface area contributed by atoms with Crippen molar-refractivity contribution in [3.05, 3.63) is 47.3 Å². The largest absolute Gasteiger partial charge is 0.379 e. The molecule has 7 heteroatoms. The van der Waals surface area contributed by atoms with Gasteiger partial charge in [0.2, 0.25) is 0 Å². The molecule has 1 saturated heterocycles. The van der Waals surface area contributed by atoms with Gasteiger partial charge in [0.25, 0.3) is 0 Å². The zero-order valence-electron chi connectivity index (χ0n) is 16.5. The second-order valence-electron chi connectivity index (χ2n) is 6.70. The average molecular weight is 371 g/mol. The quantitative estimate of drug-likeness (QED) is 0.596. The molecule has 2 heterocycles. The first-order valence-electron chi connectivity index (χ1n) is 9.54. The lowest BCUT2D eigenvalue weighted by Crippen LogP contribution is -2.44. The van der Waals surface area contributed by atoms with Crippen molar-refractivity contribution < 1.29 is 4.74 Å². The monoisotopic (exact) mass is 370 g/mol. The molecule has 1 fully saturated rings. The van der Waals surface area contributed by atoms with E-state index in [2.05, 4.69) is 46.5 Å². The first-order chi connectivity index (χ1) is 13.2. The minimum Gasteiger partial charge on any atom is -0.379 e. The Morgan fingerprint density at radius 3 is 2.59 bits per heavy atom. The molecule has 0 bridgehead atoms. The van der Waals surface area contributed by atoms with Crippen LogP contribution in [0.25, 0.3) is 5.69 Å². The fourth-order valence-electron chi connectivity index (χ4n) is 3.30. The van der Waals surface area contributed by atoms with Gasteiger partial charge in [-0.25, -0.2) is 4.68 Å². The Morgan fingerprint density at radius 1 is 1.15 bits per heavy atom. The van der Waals surface area contributed by atoms with Crippen LogP contribution >= 0.6 is 0 Å². The highest BCUT2D eigenvalue weighted by molar-refractivity contribution is 5.79. The number of aliphatic imine (C=N–C) groups is 1. The molecule has 1 aliphatic heterocycles. The maximum atomic E-state index is 5.39. The van der Waals surface area contributed by atoms with Crippen LogP contribution in [0.4, 0.5) is 0 Å². The Bertz CT molecular complexity index is 749. The Morgan fingerprint density at radius 2 is 1.89 bits per heavy atom. The number of nitrogens with zero attached hydrogens (tertiary/aromatic N) is 4. The summed E-state index contributed by atoms with van der Waals surface area (Å²) in [5, 5.41) is 11.5. The van der Waals surface area contributed by atoms with Crippen LogP contribution in [0.2, 0.25) is 0 Å². The van der Waals surface area contributed by atoms with Gasteiger partial charge in [-0.1, -0.05) is 18.2 Å². The molecule has 1 aromatic carbocycles. The minimum absolute atomic E-state index is 0.696. The second-order valence-corrected chi connectivity index (χ2v) is 6.70. The van der Waals surface area contributed by atoms with Gasteiger partial charge in [-0.3, -0.25) is 9.89 Å². The van der Waals surface area contributed by atoms with E-state index in [-0.39, 0.29) is 0 Å². The zero-order valence-corrected chi connectivity index (χ0v) is 16.5. The molecule has 3 rings (SSSR count). The van der Waals surface area contributed by atoms with Crippen LogP contribution in [0.3, 0.4) is 0 Å². The van der Waals surface area contributed by atoms with E-state index in [1.165, 1.54) is 5.56 Å². The van der Waals surface area contributed by atoms with Crippen molar-refractivity contribution >= 4 is 5.96 Å². The van der Waals surface area contributed by atoms with Gasteiger partial charge >= 0.3 is 0 Å². The summed E-state index contributed by atoms with van der Waals surface area (Å²) in [7, 11) is 1.80. The summed E-state index contributed by atoms with van der Waals surface area (Å²) in [4.78, 5) is 6.74. The maximum absolute atomic E-state index is 5.39. The average Bonchev–Trinajstić information content (AvgIpc) is 3.00. The molecule has 0 aliphatic carbocycles. The number of guanidine groups is 1. The Hall–Kier alpha value is -2.38. The van der Waals surface area contributed by atoms with Gasteiger partial charge in [0.1, 0.15) is 0 Å². The van der Waals surface area contributed by atoms with Crippen molar-refractivity contribution in [3.8, 4) is 5.69 Å². The molecule has 0 radical (unpaired) electrons. The number of ether oxygens (including phenoxy) is 1. The molecule has 2 N–H and O–H groups in total. The second kappa shape index (κ2) is 9.53. The molecular weight excluding hydrogens is 340 g/mol. The summed E-state index contributed by atoms with van der Waals surface area (Å²) in [5.74, 6) is 0.814. The van der Waals surface area contributed by atoms with Gasteiger partial charge in [0.15, 0.2) is 5.96 Å². The summed E-state index contributed by atoms with van der Waals surface area (Å²) in [5.41, 5.74) is 4.47. The van der Waals surface area contributed by atoms with Crippen LogP contribution in [0.15, 0.2) is 35.3 Å². The van der Waals surface area contributed by atoms with E-state index < -0.39 is 0 Å². The van der Waals surface area contributed by atoms with Crippen LogP contribution < -0.4 is 10.6 Å². The van der Waals surface area contributed by atoms with Gasteiger partial charge in [0.05, 0.1) is 24.6 Å². The topological polar surface area (TPSA) is 66.7 Å². The van der Waals surface area contributed by atoms with Crippen LogP contribution in [0.5, 0.6) is 0 Å². The normalized spacial score (nSPS) is 15.7. The highest BCUT2D eigenvalue weighted by Gasteiger charge is 2.13. The summed E-state index contributed by atoms with van der Waals surface area (Å²) < 4.78 is 7.39. The summed E-state index contributed by atoms with van der Waals surface area (Å²) in [6.07, 6.45) is 0. The molecule has 0 saturated carbocycles. The lowest BCUT2D eigenvalue weighted by molar-refractivity contribution is 0.0389. The fourth-order valence-corrected chi connectivity index (χ4v) is 3.30. The van der Waals surface area contributed by atoms with Crippen LogP contribution in [-0.4, -0.2) is 67.1 Å². The van der Waals surface area contributed by atoms with Crippen LogP contribution in [0.1, 0.15) is 17.0 Å². The fraction of sp³-hybridized carbons (Fsp3) is 0.500. The van der Waals surface area contributed by atoms with Crippen molar-refractivity contribution in [2.45, 2.75) is 20.4 Å². The lowest BCUT2D eigenvalue weighted by Gasteiger charge is -2.26. The van der Waals surface area contributed by atoms with Crippen molar-refractivity contribution in [2.75, 3.05) is 46.4 Å². The standard InChI is InChI=1S/C20H30N6O/c1-16-19(17(2)26(24-16)18-7-5-4-6-8-18)15-23-20(21-3)22-9-10-25-11-13-27-14-12-25/h4-8H,9-15H2,1-3H3,(H2,21,22,23). The molecule has 146 valence electrons. The first-order valence-corrected chi connectivity index (χ1v) is 9.54. The number of rotatable bonds is 6. The van der Waals surface area contributed by atoms with E-state index in [9.17, 15) is 0 Å². The Balaban J connectivity index is 1.54. The van der Waals surface area contributed by atoms with Gasteiger partial charge in [-0.05, 0) is 26.0 Å². The number of nitrogens with one attached hydrogen (secondary N) is 2. The molecule has 0 unspecified atom stereocenters. The number of aryl methyl sites for hydroxylation is 1. The molecule has 0 atom stereocenters. The van der Waals surface area contributed by atoms with E-state index in [0.29, 0.717) is 6.54 Å². The van der Waals surface area contributed by atoms with E-state index in [0.717, 1.165) is 62.4 Å². The van der Waals surface area contributed by atoms with Gasteiger partial charge < -0.3 is 15.4 Å². The first kappa shape index (κ1) is 19.4. The molecule has 0 amide bonds. The summed E-state index contributed by atoms with van der Waals surface area (Å²) in [6.45, 7) is 10.4. The molecule has 2 aromatic rings. The van der Waals surface area contributed by atoms with E-state index >= 15 is 0 Å². The molecule has 1 aliphatic rings. The SMILES string of the molecule is CN=C(NCCN1CCOCC1)NCc1c(C)nn(-c2ccccc2)c1C. The molecule has 7 nitrogen and oxygen atoms in total. The van der Waals surface area contributed by atoms with E-state index in [4.69, 9.17) is 9.84 Å². The maximum Gasteiger partial charge on any atom is 0.191 e. The number of hydrogen-bond donors (Lipinski definition) is 2. The third kappa shape index (κ3) is 5.08. The molecular formula is C20H30N6O. The Kier molecular flexibility index (Phi) is 6.84. The summed E-state index contributed by atoms with van der Waals surface area (Å²) >= 11 is 0. The summed E-state index contributed by atoms with van der Waals surface area (Å²) in [6, 6.07) is 10.2. The van der Waals surface area contributed by atoms with Crippen molar-refractivity contribution in [3.63, 3.8) is 0 Å². The molecule has 1 aromatic heterocycles. The van der Waals surface area contributed by atoms with Gasteiger partial charge in [-0.2, -0.15) is 5.10 Å². The number of morpholine rings is 1. The smallest absolute Gasteiger partial charge is 0.191 e. The third-order valence-electron chi connectivity index (χ3n) is 4.92. The predicted octanol–water partition coefficient (Wildman–Crippen LogP) is 1.49. The van der Waals surface area contributed by atoms with E-state index in [1.807, 2.05) is 22.9 Å². The van der Waals surface area contributed by atoms with Crippen molar-refractivity contribution in [1.29, 1.82) is 0 Å². The molecule has 0 spiro atoms. The Labute approximate surface area is 161 Å². The van der Waals surface area contributed by atoms with Crippen LogP contribution in [0, 0.1) is 13.8 Å². The third-order valence-corrected chi connectivity index (χ3v) is 4.92. The highest BCUT2D eigenvalue weighted by Crippen LogP contribution is 2.17. The van der Waals surface area contributed by atoms with Crippen molar-refractivity contribution in [2.24, 2.45) is 4.99 Å².